The van der Waals surface area contributed by atoms with E-state index in [0.717, 1.165) is 16.9 Å². The van der Waals surface area contributed by atoms with Crippen LogP contribution in [0.3, 0.4) is 0 Å². The lowest BCUT2D eigenvalue weighted by Crippen LogP contribution is -2.16. The van der Waals surface area contributed by atoms with E-state index in [1.54, 1.807) is 21.0 Å². The molecule has 0 radical (unpaired) electrons. The van der Waals surface area contributed by atoms with Crippen molar-refractivity contribution in [1.29, 1.82) is 0 Å². The second-order valence-corrected chi connectivity index (χ2v) is 5.06. The summed E-state index contributed by atoms with van der Waals surface area (Å²) >= 11 is 0. The first-order chi connectivity index (χ1) is 9.93. The Morgan fingerprint density at radius 2 is 2.10 bits per heavy atom. The molecule has 0 aliphatic carbocycles. The molecule has 2 rings (SSSR count). The largest absolute Gasteiger partial charge is 0.496 e. The molecule has 112 valence electrons. The number of nitrogens with zero attached hydrogens (tertiary/aromatic N) is 2. The molecule has 0 spiro atoms. The predicted octanol–water partition coefficient (Wildman–Crippen LogP) is 2.88. The van der Waals surface area contributed by atoms with E-state index in [-0.39, 0.29) is 5.92 Å². The molecule has 2 atom stereocenters. The van der Waals surface area contributed by atoms with E-state index in [0.29, 0.717) is 11.7 Å². The van der Waals surface area contributed by atoms with Gasteiger partial charge >= 0.3 is 5.97 Å². The molecule has 1 aromatic heterocycles. The minimum absolute atomic E-state index is 0.327. The number of methoxy groups -OCH3 is 1. The number of hydrogen-bond donors (Lipinski definition) is 1. The summed E-state index contributed by atoms with van der Waals surface area (Å²) in [4.78, 5) is 15.3. The monoisotopic (exact) mass is 290 g/mol. The van der Waals surface area contributed by atoms with Gasteiger partial charge in [-0.3, -0.25) is 4.79 Å². The molecule has 2 aromatic rings. The fourth-order valence-electron chi connectivity index (χ4n) is 1.98. The number of carboxylic acid groups (broad SMARTS) is 1. The van der Waals surface area contributed by atoms with Gasteiger partial charge in [-0.15, -0.1) is 0 Å². The molecule has 0 saturated carbocycles. The van der Waals surface area contributed by atoms with Crippen LogP contribution in [0.5, 0.6) is 5.75 Å². The molecule has 0 saturated heterocycles. The molecule has 0 aliphatic heterocycles. The van der Waals surface area contributed by atoms with Crippen LogP contribution in [0.4, 0.5) is 0 Å². The number of carbonyl (C=O) groups is 1. The first kappa shape index (κ1) is 15.0. The molecule has 1 aromatic carbocycles. The van der Waals surface area contributed by atoms with E-state index in [2.05, 4.69) is 10.1 Å². The van der Waals surface area contributed by atoms with Crippen LogP contribution in [-0.4, -0.2) is 28.3 Å². The molecule has 0 fully saturated rings. The van der Waals surface area contributed by atoms with E-state index in [4.69, 9.17) is 14.4 Å². The molecule has 6 nitrogen and oxygen atoms in total. The number of aliphatic carboxylic acids is 1. The first-order valence-electron chi connectivity index (χ1n) is 6.65. The van der Waals surface area contributed by atoms with Gasteiger partial charge in [0.1, 0.15) is 5.75 Å². The van der Waals surface area contributed by atoms with E-state index in [9.17, 15) is 4.79 Å². The van der Waals surface area contributed by atoms with Crippen LogP contribution in [-0.2, 0) is 4.79 Å². The summed E-state index contributed by atoms with van der Waals surface area (Å²) in [5.41, 5.74) is 1.77. The van der Waals surface area contributed by atoms with Crippen LogP contribution in [0.15, 0.2) is 22.7 Å². The molecular weight excluding hydrogens is 272 g/mol. The topological polar surface area (TPSA) is 85.5 Å². The highest BCUT2D eigenvalue weighted by Crippen LogP contribution is 2.27. The van der Waals surface area contributed by atoms with Crippen LogP contribution < -0.4 is 4.74 Å². The number of carboxylic acids is 1. The van der Waals surface area contributed by atoms with Gasteiger partial charge in [-0.05, 0) is 30.7 Å². The van der Waals surface area contributed by atoms with E-state index >= 15 is 0 Å². The average Bonchev–Trinajstić information content (AvgIpc) is 2.95. The lowest BCUT2D eigenvalue weighted by molar-refractivity contribution is -0.141. The van der Waals surface area contributed by atoms with Gasteiger partial charge in [0.05, 0.1) is 13.0 Å². The first-order valence-corrected chi connectivity index (χ1v) is 6.65. The predicted molar refractivity (Wildman–Crippen MR) is 76.2 cm³/mol. The zero-order valence-electron chi connectivity index (χ0n) is 12.5. The summed E-state index contributed by atoms with van der Waals surface area (Å²) in [7, 11) is 1.61. The molecule has 21 heavy (non-hydrogen) atoms. The van der Waals surface area contributed by atoms with Crippen molar-refractivity contribution < 1.29 is 19.2 Å². The Hall–Kier alpha value is -2.37. The second kappa shape index (κ2) is 5.95. The summed E-state index contributed by atoms with van der Waals surface area (Å²) in [5.74, 6) is -0.259. The Morgan fingerprint density at radius 1 is 1.38 bits per heavy atom. The van der Waals surface area contributed by atoms with Gasteiger partial charge in [-0.2, -0.15) is 4.98 Å². The third kappa shape index (κ3) is 3.04. The van der Waals surface area contributed by atoms with Gasteiger partial charge in [0.15, 0.2) is 0 Å². The normalized spacial score (nSPS) is 13.7. The zero-order valence-corrected chi connectivity index (χ0v) is 12.5. The van der Waals surface area contributed by atoms with Crippen molar-refractivity contribution in [3.63, 3.8) is 0 Å². The number of hydrogen-bond acceptors (Lipinski definition) is 5. The molecule has 0 amide bonds. The highest BCUT2D eigenvalue weighted by atomic mass is 16.5. The number of aryl methyl sites for hydroxylation is 1. The highest BCUT2D eigenvalue weighted by Gasteiger charge is 2.26. The minimum Gasteiger partial charge on any atom is -0.496 e. The van der Waals surface area contributed by atoms with Crippen molar-refractivity contribution in [2.24, 2.45) is 5.92 Å². The third-order valence-corrected chi connectivity index (χ3v) is 3.62. The summed E-state index contributed by atoms with van der Waals surface area (Å²) in [6.45, 7) is 5.31. The standard InChI is InChI=1S/C15H18N2O4/c1-8-7-11(5-6-12(8)20-4)13-16-14(21-17-13)9(2)10(3)15(18)19/h5-7,9-10H,1-4H3,(H,18,19). The Kier molecular flexibility index (Phi) is 4.26. The van der Waals surface area contributed by atoms with Crippen molar-refractivity contribution in [3.8, 4) is 17.1 Å². The third-order valence-electron chi connectivity index (χ3n) is 3.62. The maximum atomic E-state index is 11.0. The van der Waals surface area contributed by atoms with Gasteiger partial charge in [0, 0.05) is 11.5 Å². The molecular formula is C15H18N2O4. The van der Waals surface area contributed by atoms with Gasteiger partial charge in [-0.25, -0.2) is 0 Å². The number of aromatic nitrogens is 2. The van der Waals surface area contributed by atoms with Gasteiger partial charge < -0.3 is 14.4 Å². The summed E-state index contributed by atoms with van der Waals surface area (Å²) in [6.07, 6.45) is 0. The summed E-state index contributed by atoms with van der Waals surface area (Å²) in [5, 5.41) is 13.0. The SMILES string of the molecule is COc1ccc(-c2noc(C(C)C(C)C(=O)O)n2)cc1C. The molecule has 0 aliphatic rings. The number of benzene rings is 1. The minimum atomic E-state index is -0.887. The number of ether oxygens (including phenoxy) is 1. The lowest BCUT2D eigenvalue weighted by atomic mass is 9.96. The van der Waals surface area contributed by atoms with E-state index in [1.165, 1.54) is 0 Å². The summed E-state index contributed by atoms with van der Waals surface area (Å²) in [6, 6.07) is 5.58. The summed E-state index contributed by atoms with van der Waals surface area (Å²) < 4.78 is 10.4. The Labute approximate surface area is 122 Å². The molecule has 1 N–H and O–H groups in total. The smallest absolute Gasteiger partial charge is 0.307 e. The Morgan fingerprint density at radius 3 is 2.67 bits per heavy atom. The van der Waals surface area contributed by atoms with E-state index < -0.39 is 11.9 Å². The van der Waals surface area contributed by atoms with Crippen molar-refractivity contribution >= 4 is 5.97 Å². The second-order valence-electron chi connectivity index (χ2n) is 5.06. The van der Waals surface area contributed by atoms with Crippen molar-refractivity contribution in [1.82, 2.24) is 10.1 Å². The maximum absolute atomic E-state index is 11.0. The van der Waals surface area contributed by atoms with Crippen LogP contribution in [0, 0.1) is 12.8 Å². The number of rotatable bonds is 5. The van der Waals surface area contributed by atoms with Crippen molar-refractivity contribution in [2.45, 2.75) is 26.7 Å². The molecule has 0 bridgehead atoms. The van der Waals surface area contributed by atoms with Crippen LogP contribution >= 0.6 is 0 Å². The Bertz CT molecular complexity index is 651. The maximum Gasteiger partial charge on any atom is 0.307 e. The Balaban J connectivity index is 2.27. The lowest BCUT2D eigenvalue weighted by Gasteiger charge is -2.10. The van der Waals surface area contributed by atoms with Crippen LogP contribution in [0.2, 0.25) is 0 Å². The fraction of sp³-hybridized carbons (Fsp3) is 0.400. The zero-order chi connectivity index (χ0) is 15.6. The quantitative estimate of drug-likeness (QED) is 0.911. The van der Waals surface area contributed by atoms with Crippen LogP contribution in [0.1, 0.15) is 31.2 Å². The van der Waals surface area contributed by atoms with Gasteiger partial charge in [0.2, 0.25) is 11.7 Å². The fourth-order valence-corrected chi connectivity index (χ4v) is 1.98. The molecule has 6 heteroatoms. The van der Waals surface area contributed by atoms with Crippen molar-refractivity contribution in [3.05, 3.63) is 29.7 Å². The van der Waals surface area contributed by atoms with Crippen molar-refractivity contribution in [2.75, 3.05) is 7.11 Å². The van der Waals surface area contributed by atoms with Crippen LogP contribution in [0.25, 0.3) is 11.4 Å². The van der Waals surface area contributed by atoms with Gasteiger partial charge in [0.25, 0.3) is 0 Å². The average molecular weight is 290 g/mol. The van der Waals surface area contributed by atoms with Gasteiger partial charge in [-0.1, -0.05) is 19.0 Å². The molecule has 1 heterocycles. The molecule has 2 unspecified atom stereocenters. The van der Waals surface area contributed by atoms with E-state index in [1.807, 2.05) is 25.1 Å². The highest BCUT2D eigenvalue weighted by molar-refractivity contribution is 5.70.